The van der Waals surface area contributed by atoms with Crippen molar-refractivity contribution >= 4 is 18.1 Å². The van der Waals surface area contributed by atoms with Crippen molar-refractivity contribution in [2.45, 2.75) is 25.3 Å². The summed E-state index contributed by atoms with van der Waals surface area (Å²) < 4.78 is 5.53. The molecule has 7 heteroatoms. The number of ether oxygens (including phenoxy) is 1. The lowest BCUT2D eigenvalue weighted by atomic mass is 10.1. The summed E-state index contributed by atoms with van der Waals surface area (Å²) in [7, 11) is 0. The van der Waals surface area contributed by atoms with Crippen LogP contribution in [0.1, 0.15) is 24.8 Å². The lowest BCUT2D eigenvalue weighted by Gasteiger charge is -2.23. The Labute approximate surface area is 123 Å². The van der Waals surface area contributed by atoms with Gasteiger partial charge in [0.25, 0.3) is 0 Å². The van der Waals surface area contributed by atoms with Gasteiger partial charge in [0.05, 0.1) is 4.92 Å². The van der Waals surface area contributed by atoms with Crippen molar-refractivity contribution in [1.82, 2.24) is 5.32 Å². The lowest BCUT2D eigenvalue weighted by Crippen LogP contribution is -2.38. The molecule has 1 saturated heterocycles. The van der Waals surface area contributed by atoms with E-state index in [-0.39, 0.29) is 35.4 Å². The average molecular weight is 298 g/mol. The second kappa shape index (κ2) is 7.68. The number of nitriles is 1. The third kappa shape index (κ3) is 3.83. The van der Waals surface area contributed by atoms with Gasteiger partial charge in [-0.15, -0.1) is 12.4 Å². The highest BCUT2D eigenvalue weighted by atomic mass is 35.5. The maximum absolute atomic E-state index is 10.9. The Balaban J connectivity index is 0.00000200. The van der Waals surface area contributed by atoms with Crippen molar-refractivity contribution in [3.05, 3.63) is 33.9 Å². The predicted molar refractivity (Wildman–Crippen MR) is 76.2 cm³/mol. The van der Waals surface area contributed by atoms with Crippen LogP contribution in [-0.2, 0) is 0 Å². The van der Waals surface area contributed by atoms with E-state index >= 15 is 0 Å². The van der Waals surface area contributed by atoms with Gasteiger partial charge in [-0.2, -0.15) is 5.26 Å². The number of hydrogen-bond acceptors (Lipinski definition) is 5. The van der Waals surface area contributed by atoms with Gasteiger partial charge < -0.3 is 10.1 Å². The molecule has 1 unspecified atom stereocenters. The Morgan fingerprint density at radius 1 is 1.50 bits per heavy atom. The highest BCUT2D eigenvalue weighted by molar-refractivity contribution is 5.85. The fourth-order valence-electron chi connectivity index (χ4n) is 2.16. The summed E-state index contributed by atoms with van der Waals surface area (Å²) in [5.41, 5.74) is 0.0415. The Kier molecular flexibility index (Phi) is 6.22. The zero-order chi connectivity index (χ0) is 13.7. The van der Waals surface area contributed by atoms with E-state index in [1.165, 1.54) is 18.2 Å². The summed E-state index contributed by atoms with van der Waals surface area (Å²) in [4.78, 5) is 10.4. The summed E-state index contributed by atoms with van der Waals surface area (Å²) in [5, 5.41) is 23.2. The largest absolute Gasteiger partial charge is 0.484 e. The SMILES string of the molecule is Cl.N#Cc1cccc([N+](=O)[O-])c1OCC1CCCCN1. The van der Waals surface area contributed by atoms with Crippen LogP contribution >= 0.6 is 12.4 Å². The number of piperidine rings is 1. The fraction of sp³-hybridized carbons (Fsp3) is 0.462. The average Bonchev–Trinajstić information content (AvgIpc) is 2.45. The summed E-state index contributed by atoms with van der Waals surface area (Å²) in [6, 6.07) is 6.49. The first-order chi connectivity index (χ1) is 9.22. The summed E-state index contributed by atoms with van der Waals surface area (Å²) in [5.74, 6) is 0.0716. The molecule has 1 aliphatic rings. The molecule has 0 radical (unpaired) electrons. The molecule has 1 heterocycles. The number of nitro groups is 1. The van der Waals surface area contributed by atoms with Crippen LogP contribution in [0.2, 0.25) is 0 Å². The molecule has 0 spiro atoms. The molecule has 0 aliphatic carbocycles. The van der Waals surface area contributed by atoms with Gasteiger partial charge in [-0.25, -0.2) is 0 Å². The van der Waals surface area contributed by atoms with Crippen molar-refractivity contribution in [2.75, 3.05) is 13.2 Å². The molecule has 0 saturated carbocycles. The molecule has 0 amide bonds. The summed E-state index contributed by atoms with van der Waals surface area (Å²) >= 11 is 0. The molecule has 108 valence electrons. The first-order valence-electron chi connectivity index (χ1n) is 6.26. The van der Waals surface area contributed by atoms with Crippen LogP contribution < -0.4 is 10.1 Å². The molecule has 1 aromatic carbocycles. The van der Waals surface area contributed by atoms with Crippen LogP contribution in [0.15, 0.2) is 18.2 Å². The highest BCUT2D eigenvalue weighted by Crippen LogP contribution is 2.30. The van der Waals surface area contributed by atoms with E-state index in [4.69, 9.17) is 10.00 Å². The first-order valence-corrected chi connectivity index (χ1v) is 6.26. The molecule has 0 bridgehead atoms. The maximum Gasteiger partial charge on any atom is 0.312 e. The molecule has 0 aromatic heterocycles. The fourth-order valence-corrected chi connectivity index (χ4v) is 2.16. The molecule has 1 N–H and O–H groups in total. The molecular formula is C13H16ClN3O3. The number of nitrogens with one attached hydrogen (secondary N) is 1. The topological polar surface area (TPSA) is 88.2 Å². The van der Waals surface area contributed by atoms with Gasteiger partial charge in [0.2, 0.25) is 5.75 Å². The number of hydrogen-bond donors (Lipinski definition) is 1. The molecule has 1 aliphatic heterocycles. The standard InChI is InChI=1S/C13H15N3O3.ClH/c14-8-10-4-3-6-12(16(17)18)13(10)19-9-11-5-1-2-7-15-11;/h3-4,6,11,15H,1-2,5,7,9H2;1H. The quantitative estimate of drug-likeness (QED) is 0.681. The van der Waals surface area contributed by atoms with E-state index in [0.717, 1.165) is 25.8 Å². The zero-order valence-corrected chi connectivity index (χ0v) is 11.7. The van der Waals surface area contributed by atoms with Gasteiger partial charge in [0.1, 0.15) is 18.2 Å². The van der Waals surface area contributed by atoms with Crippen LogP contribution in [0.4, 0.5) is 5.69 Å². The van der Waals surface area contributed by atoms with E-state index < -0.39 is 4.92 Å². The van der Waals surface area contributed by atoms with E-state index in [0.29, 0.717) is 6.61 Å². The molecule has 1 aromatic rings. The van der Waals surface area contributed by atoms with Crippen molar-refractivity contribution in [2.24, 2.45) is 0 Å². The second-order valence-electron chi connectivity index (χ2n) is 4.48. The summed E-state index contributed by atoms with van der Waals surface area (Å²) in [6.45, 7) is 1.29. The first kappa shape index (κ1) is 16.2. The van der Waals surface area contributed by atoms with Gasteiger partial charge in [0.15, 0.2) is 0 Å². The minimum atomic E-state index is -0.523. The Morgan fingerprint density at radius 3 is 2.90 bits per heavy atom. The van der Waals surface area contributed by atoms with Crippen LogP contribution in [0, 0.1) is 21.4 Å². The Hall–Kier alpha value is -1.84. The van der Waals surface area contributed by atoms with Gasteiger partial charge in [-0.1, -0.05) is 12.5 Å². The van der Waals surface area contributed by atoms with Gasteiger partial charge in [-0.3, -0.25) is 10.1 Å². The van der Waals surface area contributed by atoms with Crippen molar-refractivity contribution in [1.29, 1.82) is 5.26 Å². The van der Waals surface area contributed by atoms with Crippen LogP contribution in [-0.4, -0.2) is 24.1 Å². The highest BCUT2D eigenvalue weighted by Gasteiger charge is 2.21. The third-order valence-electron chi connectivity index (χ3n) is 3.15. The molecule has 2 rings (SSSR count). The molecule has 1 fully saturated rings. The van der Waals surface area contributed by atoms with Crippen LogP contribution in [0.5, 0.6) is 5.75 Å². The number of nitro benzene ring substituents is 1. The summed E-state index contributed by atoms with van der Waals surface area (Å²) in [6.07, 6.45) is 3.26. The minimum absolute atomic E-state index is 0. The third-order valence-corrected chi connectivity index (χ3v) is 3.15. The van der Waals surface area contributed by atoms with Crippen molar-refractivity contribution in [3.8, 4) is 11.8 Å². The lowest BCUT2D eigenvalue weighted by molar-refractivity contribution is -0.385. The van der Waals surface area contributed by atoms with Crippen molar-refractivity contribution < 1.29 is 9.66 Å². The van der Waals surface area contributed by atoms with Gasteiger partial charge in [0, 0.05) is 12.1 Å². The minimum Gasteiger partial charge on any atom is -0.484 e. The van der Waals surface area contributed by atoms with E-state index in [9.17, 15) is 10.1 Å². The second-order valence-corrected chi connectivity index (χ2v) is 4.48. The van der Waals surface area contributed by atoms with E-state index in [2.05, 4.69) is 5.32 Å². The number of para-hydroxylation sites is 1. The Morgan fingerprint density at radius 2 is 2.30 bits per heavy atom. The smallest absolute Gasteiger partial charge is 0.312 e. The van der Waals surface area contributed by atoms with Crippen LogP contribution in [0.25, 0.3) is 0 Å². The van der Waals surface area contributed by atoms with E-state index in [1.807, 2.05) is 6.07 Å². The molecule has 6 nitrogen and oxygen atoms in total. The number of rotatable bonds is 4. The number of nitrogens with zero attached hydrogens (tertiary/aromatic N) is 2. The maximum atomic E-state index is 10.9. The number of halogens is 1. The number of benzene rings is 1. The van der Waals surface area contributed by atoms with Crippen LogP contribution in [0.3, 0.4) is 0 Å². The molecule has 20 heavy (non-hydrogen) atoms. The van der Waals surface area contributed by atoms with E-state index in [1.54, 1.807) is 0 Å². The molecule has 1 atom stereocenters. The molecular weight excluding hydrogens is 282 g/mol. The predicted octanol–water partition coefficient (Wildman–Crippen LogP) is 2.41. The van der Waals surface area contributed by atoms with Gasteiger partial charge in [-0.05, 0) is 25.5 Å². The normalized spacial score (nSPS) is 17.6. The van der Waals surface area contributed by atoms with Gasteiger partial charge >= 0.3 is 5.69 Å². The van der Waals surface area contributed by atoms with Crippen molar-refractivity contribution in [3.63, 3.8) is 0 Å². The monoisotopic (exact) mass is 297 g/mol. The zero-order valence-electron chi connectivity index (χ0n) is 10.9. The Bertz CT molecular complexity index is 510.